The van der Waals surface area contributed by atoms with Crippen LogP contribution in [0.3, 0.4) is 0 Å². The van der Waals surface area contributed by atoms with Gasteiger partial charge in [-0.3, -0.25) is 0 Å². The summed E-state index contributed by atoms with van der Waals surface area (Å²) in [6, 6.07) is 5.19. The van der Waals surface area contributed by atoms with E-state index >= 15 is 0 Å². The first-order valence-corrected chi connectivity index (χ1v) is 9.19. The molecule has 1 saturated heterocycles. The van der Waals surface area contributed by atoms with E-state index in [1.165, 1.54) is 4.31 Å². The van der Waals surface area contributed by atoms with Gasteiger partial charge in [-0.25, -0.2) is 0 Å². The number of methoxy groups -OCH3 is 2. The fourth-order valence-corrected chi connectivity index (χ4v) is 4.62. The van der Waals surface area contributed by atoms with Gasteiger partial charge >= 0.3 is 0 Å². The van der Waals surface area contributed by atoms with E-state index in [0.29, 0.717) is 18.0 Å². The molecule has 7 heteroatoms. The Morgan fingerprint density at radius 3 is 2.52 bits per heavy atom. The molecule has 2 rings (SSSR count). The highest BCUT2D eigenvalue weighted by atomic mass is 32.2. The Hall–Kier alpha value is -1.31. The standard InChI is InChI=1S/C16H26N2O4S/c1-12(2)17(3)23(19,20)18-10-6-7-15(18)14-11-13(21-4)8-9-16(14)22-5/h8-9,11-12,15H,6-7,10H2,1-5H3/t15-/m0/s1. The average molecular weight is 342 g/mol. The van der Waals surface area contributed by atoms with Crippen molar-refractivity contribution in [3.8, 4) is 11.5 Å². The zero-order valence-electron chi connectivity index (χ0n) is 14.4. The molecule has 0 amide bonds. The van der Waals surface area contributed by atoms with E-state index in [2.05, 4.69) is 0 Å². The molecule has 0 aromatic heterocycles. The van der Waals surface area contributed by atoms with Crippen LogP contribution in [0.5, 0.6) is 11.5 Å². The highest BCUT2D eigenvalue weighted by Crippen LogP contribution is 2.40. The highest BCUT2D eigenvalue weighted by molar-refractivity contribution is 7.86. The van der Waals surface area contributed by atoms with Crippen LogP contribution in [0.4, 0.5) is 0 Å². The Bertz CT molecular complexity index is 645. The van der Waals surface area contributed by atoms with Crippen molar-refractivity contribution in [3.05, 3.63) is 23.8 Å². The summed E-state index contributed by atoms with van der Waals surface area (Å²) in [7, 11) is 1.31. The molecule has 1 aromatic rings. The van der Waals surface area contributed by atoms with Crippen molar-refractivity contribution < 1.29 is 17.9 Å². The van der Waals surface area contributed by atoms with Crippen molar-refractivity contribution in [1.29, 1.82) is 0 Å². The summed E-state index contributed by atoms with van der Waals surface area (Å²) < 4.78 is 39.5. The summed E-state index contributed by atoms with van der Waals surface area (Å²) in [5, 5.41) is 0. The van der Waals surface area contributed by atoms with Crippen molar-refractivity contribution >= 4 is 10.2 Å². The van der Waals surface area contributed by atoms with Crippen LogP contribution in [0, 0.1) is 0 Å². The van der Waals surface area contributed by atoms with E-state index in [1.807, 2.05) is 32.0 Å². The molecule has 0 spiro atoms. The Morgan fingerprint density at radius 1 is 1.26 bits per heavy atom. The molecule has 23 heavy (non-hydrogen) atoms. The molecule has 0 bridgehead atoms. The van der Waals surface area contributed by atoms with Gasteiger partial charge in [0.2, 0.25) is 0 Å². The monoisotopic (exact) mass is 342 g/mol. The van der Waals surface area contributed by atoms with Crippen molar-refractivity contribution in [1.82, 2.24) is 8.61 Å². The van der Waals surface area contributed by atoms with Gasteiger partial charge in [-0.15, -0.1) is 0 Å². The second-order valence-electron chi connectivity index (χ2n) is 5.99. The Labute approximate surface area is 139 Å². The molecular weight excluding hydrogens is 316 g/mol. The molecule has 1 atom stereocenters. The summed E-state index contributed by atoms with van der Waals surface area (Å²) in [6.07, 6.45) is 1.60. The molecule has 0 aliphatic carbocycles. The molecule has 130 valence electrons. The largest absolute Gasteiger partial charge is 0.497 e. The molecule has 0 unspecified atom stereocenters. The van der Waals surface area contributed by atoms with Crippen LogP contribution in [-0.2, 0) is 10.2 Å². The average Bonchev–Trinajstić information content (AvgIpc) is 3.03. The van der Waals surface area contributed by atoms with Crippen LogP contribution in [0.15, 0.2) is 18.2 Å². The van der Waals surface area contributed by atoms with Crippen LogP contribution < -0.4 is 9.47 Å². The minimum absolute atomic E-state index is 0.0894. The Kier molecular flexibility index (Phi) is 5.54. The topological polar surface area (TPSA) is 59.1 Å². The lowest BCUT2D eigenvalue weighted by molar-refractivity contribution is 0.318. The molecule has 1 aliphatic heterocycles. The van der Waals surface area contributed by atoms with Gasteiger partial charge in [0, 0.05) is 25.2 Å². The third-order valence-corrected chi connectivity index (χ3v) is 6.57. The lowest BCUT2D eigenvalue weighted by Crippen LogP contribution is -2.44. The van der Waals surface area contributed by atoms with E-state index in [-0.39, 0.29) is 12.1 Å². The fraction of sp³-hybridized carbons (Fsp3) is 0.625. The molecule has 6 nitrogen and oxygen atoms in total. The number of rotatable bonds is 6. The summed E-state index contributed by atoms with van der Waals surface area (Å²) in [4.78, 5) is 0. The third-order valence-electron chi connectivity index (χ3n) is 4.39. The van der Waals surface area contributed by atoms with Crippen LogP contribution in [0.1, 0.15) is 38.3 Å². The van der Waals surface area contributed by atoms with Gasteiger partial charge in [0.1, 0.15) is 11.5 Å². The van der Waals surface area contributed by atoms with Crippen LogP contribution in [-0.4, -0.2) is 50.9 Å². The number of nitrogens with zero attached hydrogens (tertiary/aromatic N) is 2. The SMILES string of the molecule is COc1ccc(OC)c([C@@H]2CCCN2S(=O)(=O)N(C)C(C)C)c1. The maximum atomic E-state index is 12.9. The molecule has 1 aliphatic rings. The number of hydrogen-bond acceptors (Lipinski definition) is 4. The van der Waals surface area contributed by atoms with E-state index in [4.69, 9.17) is 9.47 Å². The van der Waals surface area contributed by atoms with E-state index < -0.39 is 10.2 Å². The van der Waals surface area contributed by atoms with Crippen molar-refractivity contribution in [3.63, 3.8) is 0 Å². The third kappa shape index (κ3) is 3.46. The van der Waals surface area contributed by atoms with Gasteiger partial charge in [0.05, 0.1) is 20.3 Å². The predicted molar refractivity (Wildman–Crippen MR) is 90.0 cm³/mol. The minimum Gasteiger partial charge on any atom is -0.497 e. The van der Waals surface area contributed by atoms with E-state index in [0.717, 1.165) is 18.4 Å². The zero-order chi connectivity index (χ0) is 17.2. The van der Waals surface area contributed by atoms with Crippen molar-refractivity contribution in [2.75, 3.05) is 27.8 Å². The predicted octanol–water partition coefficient (Wildman–Crippen LogP) is 2.43. The fourth-order valence-electron chi connectivity index (χ4n) is 2.86. The first kappa shape index (κ1) is 18.0. The Balaban J connectivity index is 2.43. The molecular formula is C16H26N2O4S. The van der Waals surface area contributed by atoms with Gasteiger partial charge in [0.15, 0.2) is 0 Å². The number of benzene rings is 1. The van der Waals surface area contributed by atoms with E-state index in [9.17, 15) is 8.42 Å². The summed E-state index contributed by atoms with van der Waals surface area (Å²) in [5.74, 6) is 1.38. The smallest absolute Gasteiger partial charge is 0.282 e. The zero-order valence-corrected chi connectivity index (χ0v) is 15.3. The first-order chi connectivity index (χ1) is 10.8. The van der Waals surface area contributed by atoms with Gasteiger partial charge < -0.3 is 9.47 Å². The molecule has 0 N–H and O–H groups in total. The van der Waals surface area contributed by atoms with Crippen LogP contribution in [0.25, 0.3) is 0 Å². The van der Waals surface area contributed by atoms with Crippen molar-refractivity contribution in [2.45, 2.75) is 38.8 Å². The maximum Gasteiger partial charge on any atom is 0.282 e. The molecule has 1 aromatic carbocycles. The van der Waals surface area contributed by atoms with E-state index in [1.54, 1.807) is 25.6 Å². The summed E-state index contributed by atoms with van der Waals surface area (Å²) in [6.45, 7) is 4.26. The van der Waals surface area contributed by atoms with Crippen LogP contribution >= 0.6 is 0 Å². The second kappa shape index (κ2) is 7.07. The lowest BCUT2D eigenvalue weighted by Gasteiger charge is -2.31. The number of hydrogen-bond donors (Lipinski definition) is 0. The van der Waals surface area contributed by atoms with Gasteiger partial charge in [-0.1, -0.05) is 0 Å². The lowest BCUT2D eigenvalue weighted by atomic mass is 10.0. The Morgan fingerprint density at radius 2 is 1.96 bits per heavy atom. The summed E-state index contributed by atoms with van der Waals surface area (Å²) in [5.41, 5.74) is 0.852. The summed E-state index contributed by atoms with van der Waals surface area (Å²) >= 11 is 0. The van der Waals surface area contributed by atoms with Crippen molar-refractivity contribution in [2.24, 2.45) is 0 Å². The second-order valence-corrected chi connectivity index (χ2v) is 7.94. The molecule has 0 radical (unpaired) electrons. The minimum atomic E-state index is -3.51. The maximum absolute atomic E-state index is 12.9. The normalized spacial score (nSPS) is 19.5. The molecule has 1 heterocycles. The van der Waals surface area contributed by atoms with Gasteiger partial charge in [-0.05, 0) is 44.9 Å². The first-order valence-electron chi connectivity index (χ1n) is 7.79. The van der Waals surface area contributed by atoms with Gasteiger partial charge in [0.25, 0.3) is 10.2 Å². The van der Waals surface area contributed by atoms with Crippen LogP contribution in [0.2, 0.25) is 0 Å². The number of ether oxygens (including phenoxy) is 2. The molecule has 1 fully saturated rings. The van der Waals surface area contributed by atoms with Gasteiger partial charge in [-0.2, -0.15) is 17.0 Å². The molecule has 0 saturated carbocycles. The highest BCUT2D eigenvalue weighted by Gasteiger charge is 2.39. The quantitative estimate of drug-likeness (QED) is 0.797.